The second-order valence-electron chi connectivity index (χ2n) is 34.9. The van der Waals surface area contributed by atoms with Crippen LogP contribution in [0.1, 0.15) is 252 Å². The molecule has 8 rings (SSSR count). The molecule has 0 N–H and O–H groups in total. The minimum absolute atomic E-state index is 0.352. The summed E-state index contributed by atoms with van der Waals surface area (Å²) in [7, 11) is 3.85. The smallest absolute Gasteiger partial charge is 0.246 e. The van der Waals surface area contributed by atoms with E-state index < -0.39 is 27.4 Å². The molecule has 12 heteroatoms. The molecule has 0 saturated carbocycles. The van der Waals surface area contributed by atoms with Crippen molar-refractivity contribution in [3.05, 3.63) is 105 Å². The summed E-state index contributed by atoms with van der Waals surface area (Å²) >= 11 is 0. The van der Waals surface area contributed by atoms with E-state index in [2.05, 4.69) is 227 Å². The van der Waals surface area contributed by atoms with Crippen LogP contribution in [0.15, 0.2) is 60.7 Å². The Morgan fingerprint density at radius 3 is 0.638 bits per heavy atom. The lowest BCUT2D eigenvalue weighted by Crippen LogP contribution is -2.32. The highest BCUT2D eigenvalue weighted by atomic mass is 31.1. The van der Waals surface area contributed by atoms with Crippen molar-refractivity contribution in [2.24, 2.45) is 0 Å². The van der Waals surface area contributed by atoms with Gasteiger partial charge in [-0.25, -0.2) is 0 Å². The van der Waals surface area contributed by atoms with E-state index >= 15 is 0 Å². The molecule has 514 valence electrons. The number of ether oxygens (including phenoxy) is 10. The Kier molecular flexibility index (Phi) is 19.9. The van der Waals surface area contributed by atoms with Gasteiger partial charge in [0, 0.05) is 93.9 Å². The van der Waals surface area contributed by atoms with E-state index in [1.165, 1.54) is 0 Å². The van der Waals surface area contributed by atoms with Gasteiger partial charge >= 0.3 is 0 Å². The number of rotatable bonds is 15. The van der Waals surface area contributed by atoms with Crippen LogP contribution in [0.2, 0.25) is 0 Å². The van der Waals surface area contributed by atoms with Crippen molar-refractivity contribution in [2.75, 3.05) is 41.7 Å². The first kappa shape index (κ1) is 74.0. The Morgan fingerprint density at radius 1 is 0.298 bits per heavy atom. The van der Waals surface area contributed by atoms with Crippen molar-refractivity contribution in [3.8, 4) is 68.6 Å². The molecule has 2 aliphatic rings. The lowest BCUT2D eigenvalue weighted by atomic mass is 9.79. The molecule has 0 aromatic heterocycles. The van der Waals surface area contributed by atoms with E-state index in [0.717, 1.165) is 110 Å². The Labute approximate surface area is 570 Å². The van der Waals surface area contributed by atoms with Crippen LogP contribution in [-0.4, -0.2) is 53.2 Å². The zero-order chi connectivity index (χ0) is 70.7. The maximum atomic E-state index is 7.58. The summed E-state index contributed by atoms with van der Waals surface area (Å²) in [5.74, 6) is 4.57. The largest absolute Gasteiger partial charge is 0.496 e. The third-order valence-corrected chi connectivity index (χ3v) is 22.5. The molecule has 2 aliphatic heterocycles. The number of benzene rings is 6. The third-order valence-electron chi connectivity index (χ3n) is 17.7. The highest BCUT2D eigenvalue weighted by Gasteiger charge is 2.47. The Hall–Kier alpha value is -5.82. The van der Waals surface area contributed by atoms with E-state index in [9.17, 15) is 0 Å². The molecule has 0 spiro atoms. The highest BCUT2D eigenvalue weighted by molar-refractivity contribution is 7.81. The zero-order valence-electron chi connectivity index (χ0n) is 64.2. The van der Waals surface area contributed by atoms with Crippen LogP contribution in [-0.2, 0) is 43.3 Å². The average molecular weight is 1320 g/mol. The second-order valence-corrected chi connectivity index (χ2v) is 39.3. The minimum Gasteiger partial charge on any atom is -0.496 e. The van der Waals surface area contributed by atoms with Gasteiger partial charge in [-0.2, -0.15) is 0 Å². The summed E-state index contributed by atoms with van der Waals surface area (Å²) in [6.07, 6.45) is 0. The topological polar surface area (TPSA) is 92.3 Å². The van der Waals surface area contributed by atoms with Crippen molar-refractivity contribution in [1.82, 2.24) is 0 Å². The van der Waals surface area contributed by atoms with Gasteiger partial charge in [-0.1, -0.05) is 166 Å². The molecule has 0 radical (unpaired) electrons. The van der Waals surface area contributed by atoms with Gasteiger partial charge in [-0.3, -0.25) is 0 Å². The first-order valence-corrected chi connectivity index (χ1v) is 36.5. The predicted molar refractivity (Wildman–Crippen MR) is 398 cm³/mol. The van der Waals surface area contributed by atoms with Gasteiger partial charge < -0.3 is 47.4 Å². The van der Waals surface area contributed by atoms with Crippen LogP contribution in [0.3, 0.4) is 0 Å². The fraction of sp³-hybridized carbons (Fsp3) is 0.561. The average Bonchev–Trinajstić information content (AvgIpc) is 1.33. The summed E-state index contributed by atoms with van der Waals surface area (Å²) < 4.78 is 69.9. The first-order chi connectivity index (χ1) is 42.9. The van der Waals surface area contributed by atoms with Crippen molar-refractivity contribution in [3.63, 3.8) is 0 Å². The van der Waals surface area contributed by atoms with Gasteiger partial charge in [0.05, 0.1) is 41.7 Å². The van der Waals surface area contributed by atoms with E-state index in [1.807, 2.05) is 70.0 Å². The normalized spacial score (nSPS) is 15.1. The SMILES string of the molecule is CCOc1cc(P(c2cc(C(C)(C)C)c(OC)c(C(C)(C)C)c2)c2cc(C(C)(C)C)c(OC)c(C(C)(C)C)c2)c(-c2c(P(c3cc(C(C)(C)C)c(OC)c(C(C)(C)C)c3)c3cc(C(C)(C)C)c(OC)c(C(C)(C)C)c3)cc(OCC)c3c2OC(C)(C)O3)c2c1OC(C)(C)O2. The fourth-order valence-corrected chi connectivity index (χ4v) is 18.3. The molecule has 0 unspecified atom stereocenters. The minimum atomic E-state index is -1.70. The molecule has 0 amide bonds. The van der Waals surface area contributed by atoms with Crippen LogP contribution < -0.4 is 79.2 Å². The maximum absolute atomic E-state index is 7.58. The van der Waals surface area contributed by atoms with Crippen molar-refractivity contribution in [2.45, 2.75) is 263 Å². The van der Waals surface area contributed by atoms with Crippen molar-refractivity contribution >= 4 is 47.7 Å². The Bertz CT molecular complexity index is 3290. The Balaban J connectivity index is 1.81. The maximum Gasteiger partial charge on any atom is 0.246 e. The van der Waals surface area contributed by atoms with E-state index in [4.69, 9.17) is 47.4 Å². The molecule has 6 aromatic carbocycles. The highest BCUT2D eigenvalue weighted by Crippen LogP contribution is 2.62. The van der Waals surface area contributed by atoms with Crippen LogP contribution in [0.4, 0.5) is 0 Å². The van der Waals surface area contributed by atoms with Gasteiger partial charge in [-0.15, -0.1) is 0 Å². The van der Waals surface area contributed by atoms with E-state index in [-0.39, 0.29) is 43.3 Å². The molecule has 6 aromatic rings. The van der Waals surface area contributed by atoms with Crippen LogP contribution in [0.5, 0.6) is 57.5 Å². The molecular weight excluding hydrogens is 1210 g/mol. The monoisotopic (exact) mass is 1320 g/mol. The summed E-state index contributed by atoms with van der Waals surface area (Å²) in [6, 6.07) is 23.9. The van der Waals surface area contributed by atoms with E-state index in [1.54, 1.807) is 0 Å². The zero-order valence-corrected chi connectivity index (χ0v) is 66.0. The van der Waals surface area contributed by atoms with Gasteiger partial charge in [0.25, 0.3) is 0 Å². The predicted octanol–water partition coefficient (Wildman–Crippen LogP) is 19.1. The molecule has 0 aliphatic carbocycles. The molecule has 0 bridgehead atoms. The van der Waals surface area contributed by atoms with Crippen molar-refractivity contribution < 1.29 is 47.4 Å². The van der Waals surface area contributed by atoms with Gasteiger partial charge in [0.15, 0.2) is 23.0 Å². The Morgan fingerprint density at radius 2 is 0.479 bits per heavy atom. The van der Waals surface area contributed by atoms with Gasteiger partial charge in [0.1, 0.15) is 23.0 Å². The lowest BCUT2D eigenvalue weighted by molar-refractivity contribution is -0.0450. The lowest BCUT2D eigenvalue weighted by Gasteiger charge is -2.35. The number of hydrogen-bond acceptors (Lipinski definition) is 10. The van der Waals surface area contributed by atoms with Crippen molar-refractivity contribution in [1.29, 1.82) is 0 Å². The first-order valence-electron chi connectivity index (χ1n) is 33.8. The summed E-state index contributed by atoms with van der Waals surface area (Å²) in [5.41, 5.74) is 7.68. The van der Waals surface area contributed by atoms with Crippen LogP contribution >= 0.6 is 15.8 Å². The number of methoxy groups -OCH3 is 4. The van der Waals surface area contributed by atoms with Crippen LogP contribution in [0.25, 0.3) is 11.1 Å². The molecular formula is C82H116O10P2. The standard InChI is InChI=1S/C82H116O10P2/c1-35-87-59-45-61(93(47-37-51(73(3,4)5)65(83-31)52(38-47)74(6,7)8)48-39-53(75(9,10)11)66(84-32)54(40-48)76(12,13)14)63(71-69(59)89-81(27,28)91-71)64-62(46-60(88-36-2)70-72(64)92-82(29,30)90-70)94(49-41-55(77(15,16)17)67(85-33)56(42-49)78(18,19)20)50-43-57(79(21,22)23)68(86-34)58(44-50)80(24,25)26/h37-46H,35-36H2,1-34H3. The molecule has 10 nitrogen and oxygen atoms in total. The van der Waals surface area contributed by atoms with Crippen LogP contribution in [0, 0.1) is 0 Å². The summed E-state index contributed by atoms with van der Waals surface area (Å²) in [5, 5.41) is 6.46. The second kappa shape index (κ2) is 25.2. The molecule has 0 fully saturated rings. The third kappa shape index (κ3) is 14.4. The molecule has 0 saturated heterocycles. The molecule has 0 atom stereocenters. The summed E-state index contributed by atoms with van der Waals surface area (Å²) in [6.45, 7) is 67.6. The number of hydrogen-bond donors (Lipinski definition) is 0. The number of fused-ring (bicyclic) bond motifs is 2. The molecule has 2 heterocycles. The van der Waals surface area contributed by atoms with Gasteiger partial charge in [0.2, 0.25) is 23.1 Å². The quantitative estimate of drug-likeness (QED) is 0.0926. The fourth-order valence-electron chi connectivity index (χ4n) is 13.1. The summed E-state index contributed by atoms with van der Waals surface area (Å²) in [4.78, 5) is 0. The van der Waals surface area contributed by atoms with E-state index in [0.29, 0.717) is 47.7 Å². The molecule has 94 heavy (non-hydrogen) atoms. The van der Waals surface area contributed by atoms with Gasteiger partial charge in [-0.05, 0) is 155 Å².